The number of benzene rings is 2. The number of ether oxygens (including phenoxy) is 1. The van der Waals surface area contributed by atoms with Crippen molar-refractivity contribution in [1.29, 1.82) is 0 Å². The molecule has 0 aromatic heterocycles. The van der Waals surface area contributed by atoms with Crippen molar-refractivity contribution >= 4 is 27.6 Å². The quantitative estimate of drug-likeness (QED) is 0.442. The van der Waals surface area contributed by atoms with Gasteiger partial charge < -0.3 is 15.2 Å². The van der Waals surface area contributed by atoms with Crippen molar-refractivity contribution in [2.24, 2.45) is 5.92 Å². The molecule has 2 aromatic rings. The summed E-state index contributed by atoms with van der Waals surface area (Å²) in [5, 5.41) is 13.3. The molecule has 0 fully saturated rings. The van der Waals surface area contributed by atoms with E-state index in [1.54, 1.807) is 49.4 Å². The second-order valence-corrected chi connectivity index (χ2v) is 10.5. The Hall–Kier alpha value is -2.91. The van der Waals surface area contributed by atoms with Crippen LogP contribution < -0.4 is 9.62 Å². The smallest absolute Gasteiger partial charge is 0.308 e. The lowest BCUT2D eigenvalue weighted by atomic mass is 9.97. The molecule has 0 aliphatic rings. The lowest BCUT2D eigenvalue weighted by Gasteiger charge is -2.26. The van der Waals surface area contributed by atoms with Gasteiger partial charge in [0.1, 0.15) is 0 Å². The molecule has 8 nitrogen and oxygen atoms in total. The molecule has 0 aliphatic heterocycles. The first-order valence-corrected chi connectivity index (χ1v) is 12.9. The molecule has 0 saturated heterocycles. The lowest BCUT2D eigenvalue weighted by Crippen LogP contribution is -2.45. The van der Waals surface area contributed by atoms with Crippen molar-refractivity contribution in [3.05, 3.63) is 65.7 Å². The minimum Gasteiger partial charge on any atom is -0.466 e. The lowest BCUT2D eigenvalue weighted by molar-refractivity contribution is -0.145. The van der Waals surface area contributed by atoms with E-state index in [4.69, 9.17) is 4.74 Å². The number of sulfonamides is 1. The van der Waals surface area contributed by atoms with Crippen LogP contribution in [0.1, 0.15) is 49.5 Å². The number of anilines is 1. The van der Waals surface area contributed by atoms with Crippen LogP contribution in [0, 0.1) is 5.92 Å². The van der Waals surface area contributed by atoms with E-state index < -0.39 is 34.0 Å². The highest BCUT2D eigenvalue weighted by Crippen LogP contribution is 2.21. The summed E-state index contributed by atoms with van der Waals surface area (Å²) in [6.45, 7) is 5.79. The molecule has 0 heterocycles. The Kier molecular flexibility index (Phi) is 10.1. The summed E-state index contributed by atoms with van der Waals surface area (Å²) < 4.78 is 31.8. The van der Waals surface area contributed by atoms with Crippen LogP contribution in [0.5, 0.6) is 0 Å². The fraction of sp³-hybridized carbons (Fsp3) is 0.440. The van der Waals surface area contributed by atoms with Gasteiger partial charge in [0.2, 0.25) is 10.0 Å². The topological polar surface area (TPSA) is 113 Å². The number of amides is 1. The third-order valence-electron chi connectivity index (χ3n) is 5.27. The first kappa shape index (κ1) is 27.3. The maximum atomic E-state index is 13.0. The summed E-state index contributed by atoms with van der Waals surface area (Å²) in [6, 6.07) is 14.5. The molecule has 0 spiro atoms. The van der Waals surface area contributed by atoms with E-state index in [0.717, 1.165) is 4.31 Å². The highest BCUT2D eigenvalue weighted by Gasteiger charge is 2.26. The van der Waals surface area contributed by atoms with Gasteiger partial charge in [0.25, 0.3) is 5.91 Å². The molecular weight excluding hydrogens is 456 g/mol. The number of nitrogens with one attached hydrogen (secondary N) is 1. The number of hydrogen-bond donors (Lipinski definition) is 2. The van der Waals surface area contributed by atoms with Crippen molar-refractivity contribution in [2.45, 2.75) is 51.5 Å². The van der Waals surface area contributed by atoms with Crippen molar-refractivity contribution in [2.75, 3.05) is 18.0 Å². The maximum Gasteiger partial charge on any atom is 0.308 e. The Morgan fingerprint density at radius 2 is 1.76 bits per heavy atom. The Labute approximate surface area is 202 Å². The predicted molar refractivity (Wildman–Crippen MR) is 132 cm³/mol. The predicted octanol–water partition coefficient (Wildman–Crippen LogP) is 3.11. The van der Waals surface area contributed by atoms with Gasteiger partial charge in [0.15, 0.2) is 0 Å². The molecule has 0 aliphatic carbocycles. The monoisotopic (exact) mass is 490 g/mol. The first-order valence-electron chi connectivity index (χ1n) is 11.3. The van der Waals surface area contributed by atoms with Crippen LogP contribution in [0.4, 0.5) is 5.69 Å². The summed E-state index contributed by atoms with van der Waals surface area (Å²) in [4.78, 5) is 24.7. The second-order valence-electron chi connectivity index (χ2n) is 8.55. The highest BCUT2D eigenvalue weighted by atomic mass is 32.2. The van der Waals surface area contributed by atoms with Gasteiger partial charge in [-0.3, -0.25) is 13.9 Å². The Morgan fingerprint density at radius 1 is 1.09 bits per heavy atom. The van der Waals surface area contributed by atoms with Crippen LogP contribution in [0.15, 0.2) is 54.6 Å². The fourth-order valence-corrected chi connectivity index (χ4v) is 4.73. The van der Waals surface area contributed by atoms with Crippen LogP contribution >= 0.6 is 0 Å². The zero-order chi connectivity index (χ0) is 25.3. The third kappa shape index (κ3) is 8.14. The van der Waals surface area contributed by atoms with Gasteiger partial charge in [0, 0.05) is 12.6 Å². The third-order valence-corrected chi connectivity index (χ3v) is 7.01. The van der Waals surface area contributed by atoms with Crippen molar-refractivity contribution in [3.8, 4) is 0 Å². The highest BCUT2D eigenvalue weighted by molar-refractivity contribution is 7.92. The van der Waals surface area contributed by atoms with Crippen molar-refractivity contribution in [1.82, 2.24) is 5.32 Å². The van der Waals surface area contributed by atoms with Gasteiger partial charge in [-0.2, -0.15) is 0 Å². The van der Waals surface area contributed by atoms with Gasteiger partial charge in [-0.05, 0) is 43.0 Å². The van der Waals surface area contributed by atoms with Crippen molar-refractivity contribution in [3.63, 3.8) is 0 Å². The zero-order valence-corrected chi connectivity index (χ0v) is 20.9. The second kappa shape index (κ2) is 12.5. The number of esters is 1. The summed E-state index contributed by atoms with van der Waals surface area (Å²) in [5.41, 5.74) is 1.25. The van der Waals surface area contributed by atoms with Crippen LogP contribution in [0.3, 0.4) is 0 Å². The van der Waals surface area contributed by atoms with E-state index in [9.17, 15) is 23.1 Å². The average molecular weight is 491 g/mol. The Balaban J connectivity index is 2.17. The number of nitrogens with zero attached hydrogens (tertiary/aromatic N) is 1. The van der Waals surface area contributed by atoms with Gasteiger partial charge in [-0.15, -0.1) is 0 Å². The van der Waals surface area contributed by atoms with Gasteiger partial charge in [-0.1, -0.05) is 50.2 Å². The van der Waals surface area contributed by atoms with Crippen LogP contribution in [0.25, 0.3) is 0 Å². The van der Waals surface area contributed by atoms with E-state index >= 15 is 0 Å². The summed E-state index contributed by atoms with van der Waals surface area (Å²) in [7, 11) is -2.23. The van der Waals surface area contributed by atoms with Gasteiger partial charge >= 0.3 is 5.97 Å². The average Bonchev–Trinajstić information content (AvgIpc) is 2.78. The number of aliphatic hydroxyl groups is 1. The van der Waals surface area contributed by atoms with E-state index in [0.29, 0.717) is 17.7 Å². The minimum absolute atomic E-state index is 0.155. The summed E-state index contributed by atoms with van der Waals surface area (Å²) >= 11 is 0. The molecule has 0 unspecified atom stereocenters. The van der Waals surface area contributed by atoms with Crippen LogP contribution in [0.2, 0.25) is 0 Å². The largest absolute Gasteiger partial charge is 0.466 e. The number of rotatable bonds is 12. The molecule has 9 heteroatoms. The molecule has 0 saturated carbocycles. The minimum atomic E-state index is -3.67. The standard InChI is InChI=1S/C25H34N2O6S/c1-5-33-24(29)16-23(28)22(14-18(2)3)26-25(30)20-12-9-13-21(15-20)27(4)34(31,32)17-19-10-7-6-8-11-19/h6-13,15,18,22-23,28H,5,14,16-17H2,1-4H3,(H,26,30)/t22-,23-/m0/s1. The van der Waals surface area contributed by atoms with E-state index in [1.807, 2.05) is 19.9 Å². The summed E-state index contributed by atoms with van der Waals surface area (Å²) in [6.07, 6.45) is -0.883. The van der Waals surface area contributed by atoms with Gasteiger partial charge in [-0.25, -0.2) is 8.42 Å². The molecule has 0 bridgehead atoms. The maximum absolute atomic E-state index is 13.0. The molecule has 1 amide bonds. The van der Waals surface area contributed by atoms with Gasteiger partial charge in [0.05, 0.1) is 36.6 Å². The Morgan fingerprint density at radius 3 is 2.38 bits per heavy atom. The van der Waals surface area contributed by atoms with E-state index in [1.165, 1.54) is 13.1 Å². The first-order chi connectivity index (χ1) is 16.0. The number of carbonyl (C=O) groups excluding carboxylic acids is 2. The van der Waals surface area contributed by atoms with Crippen LogP contribution in [-0.4, -0.2) is 51.2 Å². The zero-order valence-electron chi connectivity index (χ0n) is 20.1. The summed E-state index contributed by atoms with van der Waals surface area (Å²) in [5.74, 6) is -1.02. The molecule has 0 radical (unpaired) electrons. The number of hydrogen-bond acceptors (Lipinski definition) is 6. The van der Waals surface area contributed by atoms with Crippen molar-refractivity contribution < 1.29 is 27.9 Å². The molecule has 2 atom stereocenters. The molecular formula is C25H34N2O6S. The molecule has 186 valence electrons. The van der Waals surface area contributed by atoms with E-state index in [-0.39, 0.29) is 30.3 Å². The number of carbonyl (C=O) groups is 2. The van der Waals surface area contributed by atoms with E-state index in [2.05, 4.69) is 5.32 Å². The molecule has 2 aromatic carbocycles. The SMILES string of the molecule is CCOC(=O)C[C@H](O)[C@H](CC(C)C)NC(=O)c1cccc(N(C)S(=O)(=O)Cc2ccccc2)c1. The van der Waals surface area contributed by atoms with Crippen LogP contribution in [-0.2, 0) is 25.3 Å². The molecule has 34 heavy (non-hydrogen) atoms. The Bertz CT molecular complexity index is 1060. The molecule has 2 rings (SSSR count). The number of aliphatic hydroxyl groups excluding tert-OH is 1. The fourth-order valence-electron chi connectivity index (χ4n) is 3.49. The molecule has 2 N–H and O–H groups in total. The normalized spacial score (nSPS) is 13.2.